The Bertz CT molecular complexity index is 1120. The van der Waals surface area contributed by atoms with Gasteiger partial charge in [-0.1, -0.05) is 12.1 Å². The summed E-state index contributed by atoms with van der Waals surface area (Å²) < 4.78 is 52.3. The number of rotatable bonds is 4. The lowest BCUT2D eigenvalue weighted by molar-refractivity contribution is -0.140. The summed E-state index contributed by atoms with van der Waals surface area (Å²) >= 11 is 0. The summed E-state index contributed by atoms with van der Waals surface area (Å²) in [6.45, 7) is 0. The Kier molecular flexibility index (Phi) is 6.48. The van der Waals surface area contributed by atoms with Crippen molar-refractivity contribution in [2.75, 3.05) is 5.32 Å². The van der Waals surface area contributed by atoms with Gasteiger partial charge in [0.05, 0.1) is 28.8 Å². The summed E-state index contributed by atoms with van der Waals surface area (Å²) in [7, 11) is 0. The van der Waals surface area contributed by atoms with Gasteiger partial charge in [-0.15, -0.1) is 0 Å². The van der Waals surface area contributed by atoms with E-state index in [-0.39, 0.29) is 35.6 Å². The van der Waals surface area contributed by atoms with E-state index in [1.54, 1.807) is 0 Å². The number of anilines is 1. The molecule has 0 saturated carbocycles. The maximum absolute atomic E-state index is 13.5. The lowest BCUT2D eigenvalue weighted by Gasteiger charge is -2.25. The van der Waals surface area contributed by atoms with Crippen molar-refractivity contribution in [3.05, 3.63) is 76.3 Å². The molecule has 2 amide bonds. The summed E-state index contributed by atoms with van der Waals surface area (Å²) in [5, 5.41) is 23.9. The number of nitrogens with zero attached hydrogens (tertiary/aromatic N) is 1. The van der Waals surface area contributed by atoms with E-state index in [2.05, 4.69) is 10.6 Å². The molecule has 166 valence electrons. The first kappa shape index (κ1) is 22.8. The third-order valence-corrected chi connectivity index (χ3v) is 4.90. The van der Waals surface area contributed by atoms with Crippen LogP contribution >= 0.6 is 0 Å². The minimum absolute atomic E-state index is 0.0359. The molecule has 1 atom stereocenters. The number of hydrogen-bond acceptors (Lipinski definition) is 4. The molecular formula is C22H17F4N3O3. The average Bonchev–Trinajstić information content (AvgIpc) is 2.73. The second-order valence-electron chi connectivity index (χ2n) is 7.09. The molecule has 6 nitrogen and oxygen atoms in total. The minimum Gasteiger partial charge on any atom is -0.512 e. The number of halogens is 4. The van der Waals surface area contributed by atoms with E-state index in [0.29, 0.717) is 29.7 Å². The Morgan fingerprint density at radius 1 is 1.12 bits per heavy atom. The minimum atomic E-state index is -4.95. The average molecular weight is 447 g/mol. The van der Waals surface area contributed by atoms with Crippen LogP contribution in [0.4, 0.5) is 28.0 Å². The molecule has 0 aliphatic heterocycles. The van der Waals surface area contributed by atoms with Gasteiger partial charge in [0.15, 0.2) is 5.78 Å². The summed E-state index contributed by atoms with van der Waals surface area (Å²) in [6.07, 6.45) is -4.13. The zero-order chi connectivity index (χ0) is 23.5. The van der Waals surface area contributed by atoms with Gasteiger partial charge in [-0.3, -0.25) is 4.79 Å². The highest BCUT2D eigenvalue weighted by Crippen LogP contribution is 2.34. The molecule has 10 heteroatoms. The molecule has 0 radical (unpaired) electrons. The van der Waals surface area contributed by atoms with E-state index in [1.165, 1.54) is 24.3 Å². The third kappa shape index (κ3) is 5.06. The molecule has 32 heavy (non-hydrogen) atoms. The van der Waals surface area contributed by atoms with Crippen LogP contribution in [-0.4, -0.2) is 16.9 Å². The number of aliphatic hydroxyl groups is 1. The molecule has 0 spiro atoms. The molecule has 2 aromatic carbocycles. The highest BCUT2D eigenvalue weighted by atomic mass is 19.4. The standard InChI is InChI=1S/C22H17F4N3O3/c23-16-9-8-14(10-15(16)22(24,25)26)28-21(32)29-20(13-6-4-12(11-27)5-7-13)19-17(30)2-1-3-18(19)31/h4-10,20,30H,1-3H2,(H2,28,29,32). The predicted octanol–water partition coefficient (Wildman–Crippen LogP) is 5.14. The lowest BCUT2D eigenvalue weighted by atomic mass is 9.87. The Morgan fingerprint density at radius 3 is 2.41 bits per heavy atom. The van der Waals surface area contributed by atoms with E-state index in [0.717, 1.165) is 6.07 Å². The molecule has 1 aliphatic carbocycles. The zero-order valence-electron chi connectivity index (χ0n) is 16.5. The zero-order valence-corrected chi connectivity index (χ0v) is 16.5. The van der Waals surface area contributed by atoms with Crippen molar-refractivity contribution in [1.29, 1.82) is 5.26 Å². The normalized spacial score (nSPS) is 15.2. The largest absolute Gasteiger partial charge is 0.512 e. The first-order valence-corrected chi connectivity index (χ1v) is 9.49. The molecule has 0 heterocycles. The van der Waals surface area contributed by atoms with Crippen LogP contribution < -0.4 is 10.6 Å². The van der Waals surface area contributed by atoms with Crippen molar-refractivity contribution >= 4 is 17.5 Å². The highest BCUT2D eigenvalue weighted by Gasteiger charge is 2.35. The number of urea groups is 1. The highest BCUT2D eigenvalue weighted by molar-refractivity contribution is 5.99. The second kappa shape index (κ2) is 9.09. The van der Waals surface area contributed by atoms with Crippen LogP contribution in [0.2, 0.25) is 0 Å². The van der Waals surface area contributed by atoms with E-state index in [1.807, 2.05) is 6.07 Å². The molecule has 2 aromatic rings. The molecule has 0 fully saturated rings. The fourth-order valence-corrected chi connectivity index (χ4v) is 3.37. The number of carbonyl (C=O) groups is 2. The number of benzene rings is 2. The smallest absolute Gasteiger partial charge is 0.419 e. The number of ketones is 1. The van der Waals surface area contributed by atoms with Gasteiger partial charge in [0.1, 0.15) is 11.6 Å². The maximum atomic E-state index is 13.5. The Hall–Kier alpha value is -3.87. The molecule has 3 rings (SSSR count). The van der Waals surface area contributed by atoms with E-state index in [4.69, 9.17) is 5.26 Å². The van der Waals surface area contributed by atoms with Gasteiger partial charge in [0.25, 0.3) is 0 Å². The topological polar surface area (TPSA) is 102 Å². The van der Waals surface area contributed by atoms with Crippen LogP contribution in [0.3, 0.4) is 0 Å². The van der Waals surface area contributed by atoms with Gasteiger partial charge in [-0.05, 0) is 42.3 Å². The second-order valence-corrected chi connectivity index (χ2v) is 7.09. The first-order valence-electron chi connectivity index (χ1n) is 9.49. The first-order chi connectivity index (χ1) is 15.1. The predicted molar refractivity (Wildman–Crippen MR) is 106 cm³/mol. The van der Waals surface area contributed by atoms with Crippen LogP contribution in [0.5, 0.6) is 0 Å². The molecule has 0 aromatic heterocycles. The molecule has 0 bridgehead atoms. The molecule has 3 N–H and O–H groups in total. The van der Waals surface area contributed by atoms with E-state index >= 15 is 0 Å². The van der Waals surface area contributed by atoms with Crippen LogP contribution in [0.1, 0.15) is 42.0 Å². The van der Waals surface area contributed by atoms with Gasteiger partial charge in [-0.25, -0.2) is 9.18 Å². The Morgan fingerprint density at radius 2 is 1.81 bits per heavy atom. The van der Waals surface area contributed by atoms with Crippen molar-refractivity contribution in [3.8, 4) is 6.07 Å². The van der Waals surface area contributed by atoms with Crippen molar-refractivity contribution in [3.63, 3.8) is 0 Å². The molecule has 1 aliphatic rings. The van der Waals surface area contributed by atoms with Gasteiger partial charge in [0.2, 0.25) is 0 Å². The van der Waals surface area contributed by atoms with E-state index in [9.17, 15) is 32.3 Å². The number of alkyl halides is 3. The van der Waals surface area contributed by atoms with E-state index < -0.39 is 29.6 Å². The molecule has 1 unspecified atom stereocenters. The number of hydrogen-bond donors (Lipinski definition) is 3. The van der Waals surface area contributed by atoms with Crippen molar-refractivity contribution in [1.82, 2.24) is 5.32 Å². The fourth-order valence-electron chi connectivity index (χ4n) is 3.37. The van der Waals surface area contributed by atoms with Gasteiger partial charge in [-0.2, -0.15) is 18.4 Å². The van der Waals surface area contributed by atoms with Crippen LogP contribution in [0.15, 0.2) is 53.8 Å². The summed E-state index contributed by atoms with van der Waals surface area (Å²) in [6, 6.07) is 7.75. The SMILES string of the molecule is N#Cc1ccc(C(NC(=O)Nc2ccc(F)c(C(F)(F)F)c2)C2=C(O)CCCC2=O)cc1. The van der Waals surface area contributed by atoms with Crippen LogP contribution in [0.25, 0.3) is 0 Å². The number of Topliss-reactive ketones (excluding diaryl/α,β-unsaturated/α-hetero) is 1. The number of amides is 2. The summed E-state index contributed by atoms with van der Waals surface area (Å²) in [5.41, 5.74) is -1.18. The van der Waals surface area contributed by atoms with Gasteiger partial charge in [0, 0.05) is 18.5 Å². The molecule has 0 saturated heterocycles. The van der Waals surface area contributed by atoms with Crippen LogP contribution in [-0.2, 0) is 11.0 Å². The maximum Gasteiger partial charge on any atom is 0.419 e. The van der Waals surface area contributed by atoms with Crippen molar-refractivity contribution in [2.45, 2.75) is 31.5 Å². The molecular weight excluding hydrogens is 430 g/mol. The summed E-state index contributed by atoms with van der Waals surface area (Å²) in [4.78, 5) is 25.0. The lowest BCUT2D eigenvalue weighted by Crippen LogP contribution is -2.36. The van der Waals surface area contributed by atoms with Crippen molar-refractivity contribution in [2.24, 2.45) is 0 Å². The number of nitrogens with one attached hydrogen (secondary N) is 2. The third-order valence-electron chi connectivity index (χ3n) is 4.90. The number of nitriles is 1. The van der Waals surface area contributed by atoms with Crippen LogP contribution in [0, 0.1) is 17.1 Å². The summed E-state index contributed by atoms with van der Waals surface area (Å²) in [5.74, 6) is -2.07. The Balaban J connectivity index is 1.90. The number of aliphatic hydroxyl groups excluding tert-OH is 1. The van der Waals surface area contributed by atoms with Crippen molar-refractivity contribution < 1.29 is 32.3 Å². The monoisotopic (exact) mass is 447 g/mol. The Labute approximate surface area is 180 Å². The van der Waals surface area contributed by atoms with Gasteiger partial charge >= 0.3 is 12.2 Å². The quantitative estimate of drug-likeness (QED) is 0.565. The number of carbonyl (C=O) groups excluding carboxylic acids is 2. The van der Waals surface area contributed by atoms with Gasteiger partial charge < -0.3 is 15.7 Å². The fraction of sp³-hybridized carbons (Fsp3) is 0.227. The number of allylic oxidation sites excluding steroid dienone is 1.